The highest BCUT2D eigenvalue weighted by Crippen LogP contribution is 2.35. The molecule has 0 fully saturated rings. The Balaban J connectivity index is 2.70. The largest absolute Gasteiger partial charge is 0.488 e. The quantitative estimate of drug-likeness (QED) is 0.291. The molecule has 1 rings (SSSR count). The highest BCUT2D eigenvalue weighted by atomic mass is 19.4. The molecule has 1 aromatic rings. The first-order valence-electron chi connectivity index (χ1n) is 9.36. The number of hydrogen-bond donors (Lipinski definition) is 2. The molecule has 0 radical (unpaired) electrons. The highest BCUT2D eigenvalue weighted by Gasteiger charge is 2.34. The monoisotopic (exact) mass is 417 g/mol. The number of halogens is 3. The first kappa shape index (κ1) is 24.6. The van der Waals surface area contributed by atoms with Crippen LogP contribution in [0.5, 0.6) is 5.75 Å². The molecule has 0 spiro atoms. The van der Waals surface area contributed by atoms with E-state index in [-0.39, 0.29) is 23.8 Å². The number of methoxy groups -OCH3 is 1. The van der Waals surface area contributed by atoms with Crippen molar-refractivity contribution in [1.82, 2.24) is 10.6 Å². The molecule has 0 saturated heterocycles. The molecule has 2 N–H and O–H groups in total. The molecule has 9 heteroatoms. The Hall–Kier alpha value is -2.45. The highest BCUT2D eigenvalue weighted by molar-refractivity contribution is 5.79. The van der Waals surface area contributed by atoms with Crippen LogP contribution >= 0.6 is 0 Å². The van der Waals surface area contributed by atoms with Crippen LogP contribution in [0.25, 0.3) is 0 Å². The average molecular weight is 417 g/mol. The number of nitrogens with zero attached hydrogens (tertiary/aromatic N) is 1. The summed E-state index contributed by atoms with van der Waals surface area (Å²) in [7, 11) is 2.87. The molecule has 6 nitrogen and oxygen atoms in total. The van der Waals surface area contributed by atoms with Crippen molar-refractivity contribution < 1.29 is 27.4 Å². The number of carbonyl (C=O) groups excluding carboxylic acids is 1. The molecule has 0 atom stereocenters. The lowest BCUT2D eigenvalue weighted by Crippen LogP contribution is -2.37. The maximum absolute atomic E-state index is 13.5. The third kappa shape index (κ3) is 9.54. The number of alkyl halides is 3. The van der Waals surface area contributed by atoms with E-state index in [9.17, 15) is 18.0 Å². The Morgan fingerprint density at radius 3 is 2.38 bits per heavy atom. The second-order valence-electron chi connectivity index (χ2n) is 7.42. The van der Waals surface area contributed by atoms with Crippen LogP contribution in [0.4, 0.5) is 13.2 Å². The second kappa shape index (κ2) is 10.9. The average Bonchev–Trinajstić information content (AvgIpc) is 2.62. The number of unbranched alkanes of at least 4 members (excludes halogenated alkanes) is 1. The molecule has 0 aliphatic carbocycles. The molecule has 0 bridgehead atoms. The molecule has 0 amide bonds. The van der Waals surface area contributed by atoms with Crippen molar-refractivity contribution in [2.24, 2.45) is 4.99 Å². The van der Waals surface area contributed by atoms with Gasteiger partial charge in [-0.2, -0.15) is 13.2 Å². The van der Waals surface area contributed by atoms with Gasteiger partial charge in [0.1, 0.15) is 11.4 Å². The fourth-order valence-corrected chi connectivity index (χ4v) is 2.49. The van der Waals surface area contributed by atoms with Gasteiger partial charge in [0, 0.05) is 26.6 Å². The molecule has 0 aliphatic heterocycles. The zero-order valence-corrected chi connectivity index (χ0v) is 17.6. The smallest absolute Gasteiger partial charge is 0.416 e. The van der Waals surface area contributed by atoms with Gasteiger partial charge in [0.2, 0.25) is 0 Å². The number of nitrogens with one attached hydrogen (secondary N) is 2. The Morgan fingerprint density at radius 1 is 1.14 bits per heavy atom. The van der Waals surface area contributed by atoms with E-state index in [0.29, 0.717) is 31.8 Å². The number of benzene rings is 1. The summed E-state index contributed by atoms with van der Waals surface area (Å²) < 4.78 is 50.6. The molecule has 0 heterocycles. The van der Waals surface area contributed by atoms with E-state index in [1.165, 1.54) is 26.3 Å². The number of guanidine groups is 1. The van der Waals surface area contributed by atoms with E-state index in [1.54, 1.807) is 20.8 Å². The number of esters is 1. The second-order valence-corrected chi connectivity index (χ2v) is 7.42. The van der Waals surface area contributed by atoms with Gasteiger partial charge in [-0.25, -0.2) is 0 Å². The summed E-state index contributed by atoms with van der Waals surface area (Å²) in [6.45, 7) is 5.80. The van der Waals surface area contributed by atoms with Crippen LogP contribution in [0.1, 0.15) is 51.2 Å². The van der Waals surface area contributed by atoms with Crippen molar-refractivity contribution in [2.45, 2.75) is 58.4 Å². The zero-order chi connectivity index (χ0) is 22.1. The van der Waals surface area contributed by atoms with Gasteiger partial charge < -0.3 is 20.1 Å². The summed E-state index contributed by atoms with van der Waals surface area (Å²) in [5, 5.41) is 5.90. The lowest BCUT2D eigenvalue weighted by molar-refractivity contribution is -0.141. The summed E-state index contributed by atoms with van der Waals surface area (Å²) in [5.74, 6) is 0.277. The minimum absolute atomic E-state index is 0.0491. The minimum Gasteiger partial charge on any atom is -0.488 e. The standard InChI is InChI=1S/C20H30F3N3O3/c1-19(2,3)29-15-10-9-14(16(12-15)20(21,22)23)13-26-18(24-4)25-11-7-6-8-17(27)28-5/h9-10,12H,6-8,11,13H2,1-5H3,(H2,24,25,26). The van der Waals surface area contributed by atoms with E-state index in [0.717, 1.165) is 6.07 Å². The fraction of sp³-hybridized carbons (Fsp3) is 0.600. The van der Waals surface area contributed by atoms with Crippen molar-refractivity contribution in [2.75, 3.05) is 20.7 Å². The zero-order valence-electron chi connectivity index (χ0n) is 17.6. The van der Waals surface area contributed by atoms with Crippen molar-refractivity contribution in [3.05, 3.63) is 29.3 Å². The molecule has 0 aliphatic rings. The van der Waals surface area contributed by atoms with Gasteiger partial charge in [-0.05, 0) is 51.3 Å². The van der Waals surface area contributed by atoms with Crippen LogP contribution in [-0.2, 0) is 22.3 Å². The Morgan fingerprint density at radius 2 is 1.83 bits per heavy atom. The molecular weight excluding hydrogens is 387 g/mol. The van der Waals surface area contributed by atoms with Crippen molar-refractivity contribution in [3.63, 3.8) is 0 Å². The lowest BCUT2D eigenvalue weighted by Gasteiger charge is -2.23. The van der Waals surface area contributed by atoms with Crippen molar-refractivity contribution in [3.8, 4) is 5.75 Å². The Labute approximate surface area is 169 Å². The summed E-state index contributed by atoms with van der Waals surface area (Å²) in [6, 6.07) is 3.95. The van der Waals surface area contributed by atoms with E-state index in [1.807, 2.05) is 0 Å². The van der Waals surface area contributed by atoms with E-state index >= 15 is 0 Å². The van der Waals surface area contributed by atoms with Crippen molar-refractivity contribution >= 4 is 11.9 Å². The van der Waals surface area contributed by atoms with Crippen LogP contribution in [0, 0.1) is 0 Å². The number of hydrogen-bond acceptors (Lipinski definition) is 4. The van der Waals surface area contributed by atoms with Crippen LogP contribution in [0.15, 0.2) is 23.2 Å². The van der Waals surface area contributed by atoms with Gasteiger partial charge >= 0.3 is 12.1 Å². The molecule has 0 aromatic heterocycles. The minimum atomic E-state index is -4.50. The van der Waals surface area contributed by atoms with Crippen LogP contribution in [-0.4, -0.2) is 38.2 Å². The molecule has 0 saturated carbocycles. The first-order valence-corrected chi connectivity index (χ1v) is 9.36. The van der Waals surface area contributed by atoms with Gasteiger partial charge in [0.25, 0.3) is 0 Å². The van der Waals surface area contributed by atoms with Gasteiger partial charge in [0.15, 0.2) is 5.96 Å². The summed E-state index contributed by atoms with van der Waals surface area (Å²) >= 11 is 0. The van der Waals surface area contributed by atoms with Crippen molar-refractivity contribution in [1.29, 1.82) is 0 Å². The molecular formula is C20H30F3N3O3. The third-order valence-corrected chi connectivity index (χ3v) is 3.81. The Bertz CT molecular complexity index is 698. The van der Waals surface area contributed by atoms with E-state index in [2.05, 4.69) is 20.4 Å². The third-order valence-electron chi connectivity index (χ3n) is 3.81. The number of ether oxygens (including phenoxy) is 2. The molecule has 29 heavy (non-hydrogen) atoms. The van der Waals surface area contributed by atoms with E-state index in [4.69, 9.17) is 4.74 Å². The predicted molar refractivity (Wildman–Crippen MR) is 106 cm³/mol. The number of rotatable bonds is 8. The number of aliphatic imine (C=N–C) groups is 1. The normalized spacial score (nSPS) is 12.5. The lowest BCUT2D eigenvalue weighted by atomic mass is 10.1. The first-order chi connectivity index (χ1) is 13.5. The molecule has 0 unspecified atom stereocenters. The summed E-state index contributed by atoms with van der Waals surface area (Å²) in [4.78, 5) is 15.1. The summed E-state index contributed by atoms with van der Waals surface area (Å²) in [5.41, 5.74) is -1.25. The van der Waals surface area contributed by atoms with Gasteiger partial charge in [-0.15, -0.1) is 0 Å². The Kier molecular flexibility index (Phi) is 9.26. The van der Waals surface area contributed by atoms with Gasteiger partial charge in [-0.3, -0.25) is 9.79 Å². The van der Waals surface area contributed by atoms with Crippen LogP contribution in [0.3, 0.4) is 0 Å². The maximum atomic E-state index is 13.5. The van der Waals surface area contributed by atoms with Gasteiger partial charge in [-0.1, -0.05) is 6.07 Å². The SMILES string of the molecule is CN=C(NCCCCC(=O)OC)NCc1ccc(OC(C)(C)C)cc1C(F)(F)F. The topological polar surface area (TPSA) is 72.0 Å². The number of carbonyl (C=O) groups is 1. The molecule has 1 aromatic carbocycles. The van der Waals surface area contributed by atoms with Gasteiger partial charge in [0.05, 0.1) is 12.7 Å². The fourth-order valence-electron chi connectivity index (χ4n) is 2.49. The van der Waals surface area contributed by atoms with Crippen LogP contribution in [0.2, 0.25) is 0 Å². The summed E-state index contributed by atoms with van der Waals surface area (Å²) in [6.07, 6.45) is -2.84. The molecule has 164 valence electrons. The predicted octanol–water partition coefficient (Wildman–Crippen LogP) is 3.89. The van der Waals surface area contributed by atoms with Crippen LogP contribution < -0.4 is 15.4 Å². The van der Waals surface area contributed by atoms with E-state index < -0.39 is 17.3 Å². The maximum Gasteiger partial charge on any atom is 0.416 e.